The molecule has 5 aromatic rings. The van der Waals surface area contributed by atoms with E-state index in [0.717, 1.165) is 5.56 Å². The minimum absolute atomic E-state index is 0.142. The minimum atomic E-state index is -0.413. The average Bonchev–Trinajstić information content (AvgIpc) is 3.50. The molecule has 9 heteroatoms. The fourth-order valence-electron chi connectivity index (χ4n) is 3.46. The molecule has 5 rings (SSSR count). The number of fused-ring (bicyclic) bond motifs is 1. The lowest BCUT2D eigenvalue weighted by Crippen LogP contribution is -2.32. The molecule has 0 aliphatic rings. The zero-order valence-electron chi connectivity index (χ0n) is 18.5. The molecule has 1 amide bonds. The number of amides is 1. The Labute approximate surface area is 221 Å². The van der Waals surface area contributed by atoms with Gasteiger partial charge in [-0.25, -0.2) is 4.98 Å². The summed E-state index contributed by atoms with van der Waals surface area (Å²) < 4.78 is 11.6. The SMILES string of the molecule is O=C(/C=C/c1ccc(-c2ccc(Cl)cc2Cl)o1)NC(=S)Nc1ccc2oc(-c3ccccc3)nc2c1. The van der Waals surface area contributed by atoms with Crippen molar-refractivity contribution in [2.24, 2.45) is 0 Å². The topological polar surface area (TPSA) is 80.3 Å². The number of hydrogen-bond donors (Lipinski definition) is 2. The maximum atomic E-state index is 12.3. The zero-order chi connectivity index (χ0) is 25.1. The van der Waals surface area contributed by atoms with Crippen molar-refractivity contribution in [3.8, 4) is 22.8 Å². The van der Waals surface area contributed by atoms with Gasteiger partial charge in [-0.3, -0.25) is 10.1 Å². The number of benzene rings is 3. The van der Waals surface area contributed by atoms with E-state index < -0.39 is 5.91 Å². The van der Waals surface area contributed by atoms with Crippen molar-refractivity contribution in [1.82, 2.24) is 10.3 Å². The highest BCUT2D eigenvalue weighted by atomic mass is 35.5. The maximum Gasteiger partial charge on any atom is 0.250 e. The summed E-state index contributed by atoms with van der Waals surface area (Å²) in [7, 11) is 0. The van der Waals surface area contributed by atoms with Gasteiger partial charge in [0.25, 0.3) is 0 Å². The summed E-state index contributed by atoms with van der Waals surface area (Å²) >= 11 is 17.4. The van der Waals surface area contributed by atoms with Gasteiger partial charge in [0, 0.05) is 27.9 Å². The van der Waals surface area contributed by atoms with Gasteiger partial charge < -0.3 is 14.2 Å². The van der Waals surface area contributed by atoms with Gasteiger partial charge in [-0.05, 0) is 79.0 Å². The van der Waals surface area contributed by atoms with Crippen LogP contribution < -0.4 is 10.6 Å². The Hall–Kier alpha value is -3.91. The van der Waals surface area contributed by atoms with Gasteiger partial charge in [0.15, 0.2) is 10.7 Å². The summed E-state index contributed by atoms with van der Waals surface area (Å²) in [6, 6.07) is 23.7. The Morgan fingerprint density at radius 2 is 1.78 bits per heavy atom. The summed E-state index contributed by atoms with van der Waals surface area (Å²) in [6.07, 6.45) is 2.87. The van der Waals surface area contributed by atoms with Crippen molar-refractivity contribution >= 4 is 69.3 Å². The molecule has 2 aromatic heterocycles. The number of anilines is 1. The van der Waals surface area contributed by atoms with Gasteiger partial charge in [0.05, 0.1) is 5.02 Å². The normalized spacial score (nSPS) is 11.2. The third kappa shape index (κ3) is 5.49. The van der Waals surface area contributed by atoms with Crippen LogP contribution in [-0.2, 0) is 4.79 Å². The van der Waals surface area contributed by atoms with E-state index in [2.05, 4.69) is 15.6 Å². The lowest BCUT2D eigenvalue weighted by Gasteiger charge is -2.07. The number of oxazole rings is 1. The third-order valence-corrected chi connectivity index (χ3v) is 5.88. The molecule has 0 fully saturated rings. The number of carbonyl (C=O) groups excluding carboxylic acids is 1. The number of halogens is 2. The van der Waals surface area contributed by atoms with Crippen LogP contribution in [0.2, 0.25) is 10.0 Å². The monoisotopic (exact) mass is 533 g/mol. The predicted octanol–water partition coefficient (Wildman–Crippen LogP) is 7.59. The van der Waals surface area contributed by atoms with Crippen molar-refractivity contribution in [2.45, 2.75) is 0 Å². The minimum Gasteiger partial charge on any atom is -0.457 e. The van der Waals surface area contributed by atoms with E-state index in [1.165, 1.54) is 12.2 Å². The van der Waals surface area contributed by atoms with Crippen LogP contribution in [0.4, 0.5) is 5.69 Å². The van der Waals surface area contributed by atoms with Crippen LogP contribution >= 0.6 is 35.4 Å². The number of nitrogens with one attached hydrogen (secondary N) is 2. The van der Waals surface area contributed by atoms with Crippen molar-refractivity contribution in [2.75, 3.05) is 5.32 Å². The molecule has 0 atom stereocenters. The van der Waals surface area contributed by atoms with Crippen LogP contribution in [0.3, 0.4) is 0 Å². The Morgan fingerprint density at radius 1 is 0.944 bits per heavy atom. The Bertz CT molecular complexity index is 1610. The summed E-state index contributed by atoms with van der Waals surface area (Å²) in [5.74, 6) is 1.16. The van der Waals surface area contributed by atoms with Crippen LogP contribution in [0.25, 0.3) is 40.0 Å². The van der Waals surface area contributed by atoms with E-state index in [0.29, 0.717) is 49.8 Å². The van der Waals surface area contributed by atoms with Crippen molar-refractivity contribution < 1.29 is 13.6 Å². The van der Waals surface area contributed by atoms with Crippen LogP contribution in [0.5, 0.6) is 0 Å². The molecule has 36 heavy (non-hydrogen) atoms. The third-order valence-electron chi connectivity index (χ3n) is 5.13. The summed E-state index contributed by atoms with van der Waals surface area (Å²) in [5.41, 5.74) is 3.57. The summed E-state index contributed by atoms with van der Waals surface area (Å²) in [5, 5.41) is 6.74. The van der Waals surface area contributed by atoms with E-state index in [1.54, 1.807) is 48.5 Å². The first kappa shape index (κ1) is 23.8. The molecule has 0 saturated heterocycles. The first-order chi connectivity index (χ1) is 17.4. The smallest absolute Gasteiger partial charge is 0.250 e. The van der Waals surface area contributed by atoms with Gasteiger partial charge in [0.1, 0.15) is 17.0 Å². The Balaban J connectivity index is 1.20. The molecule has 0 bridgehead atoms. The second-order valence-electron chi connectivity index (χ2n) is 7.67. The van der Waals surface area contributed by atoms with Gasteiger partial charge in [-0.15, -0.1) is 0 Å². The van der Waals surface area contributed by atoms with Gasteiger partial charge >= 0.3 is 0 Å². The van der Waals surface area contributed by atoms with Crippen molar-refractivity contribution in [3.05, 3.63) is 101 Å². The van der Waals surface area contributed by atoms with E-state index in [9.17, 15) is 4.79 Å². The number of nitrogens with zero attached hydrogens (tertiary/aromatic N) is 1. The molecule has 2 heterocycles. The highest BCUT2D eigenvalue weighted by Gasteiger charge is 2.11. The number of aromatic nitrogens is 1. The molecule has 0 aliphatic carbocycles. The van der Waals surface area contributed by atoms with Crippen LogP contribution in [0, 0.1) is 0 Å². The number of rotatable bonds is 5. The van der Waals surface area contributed by atoms with E-state index in [4.69, 9.17) is 44.3 Å². The zero-order valence-corrected chi connectivity index (χ0v) is 20.8. The quantitative estimate of drug-likeness (QED) is 0.179. The van der Waals surface area contributed by atoms with Gasteiger partial charge in [0.2, 0.25) is 11.8 Å². The Morgan fingerprint density at radius 3 is 2.58 bits per heavy atom. The molecule has 0 unspecified atom stereocenters. The first-order valence-electron chi connectivity index (χ1n) is 10.8. The fourth-order valence-corrected chi connectivity index (χ4v) is 4.18. The largest absolute Gasteiger partial charge is 0.457 e. The standard InChI is InChI=1S/C27H17Cl2N3O3S/c28-17-6-10-20(21(29)14-17)23-12-8-19(34-23)9-13-25(33)32-27(36)30-18-7-11-24-22(15-18)31-26(35-24)16-4-2-1-3-5-16/h1-15H,(H2,30,32,33,36)/b13-9+. The molecule has 178 valence electrons. The highest BCUT2D eigenvalue weighted by Crippen LogP contribution is 2.32. The molecule has 0 aliphatic heterocycles. The lowest BCUT2D eigenvalue weighted by atomic mass is 10.2. The van der Waals surface area contributed by atoms with Crippen LogP contribution in [0.1, 0.15) is 5.76 Å². The molecular weight excluding hydrogens is 517 g/mol. The number of hydrogen-bond acceptors (Lipinski definition) is 5. The summed E-state index contributed by atoms with van der Waals surface area (Å²) in [4.78, 5) is 16.9. The first-order valence-corrected chi connectivity index (χ1v) is 11.9. The molecule has 0 radical (unpaired) electrons. The molecule has 0 saturated carbocycles. The lowest BCUT2D eigenvalue weighted by molar-refractivity contribution is -0.115. The Kier molecular flexibility index (Phi) is 6.86. The van der Waals surface area contributed by atoms with Crippen molar-refractivity contribution in [1.29, 1.82) is 0 Å². The van der Waals surface area contributed by atoms with Gasteiger partial charge in [-0.2, -0.15) is 0 Å². The van der Waals surface area contributed by atoms with Gasteiger partial charge in [-0.1, -0.05) is 41.4 Å². The molecule has 6 nitrogen and oxygen atoms in total. The number of furan rings is 1. The number of carbonyl (C=O) groups is 1. The second-order valence-corrected chi connectivity index (χ2v) is 8.92. The molecule has 3 aromatic carbocycles. The molecular formula is C27H17Cl2N3O3S. The maximum absolute atomic E-state index is 12.3. The van der Waals surface area contributed by atoms with E-state index in [1.807, 2.05) is 30.3 Å². The number of thiocarbonyl (C=S) groups is 1. The van der Waals surface area contributed by atoms with E-state index in [-0.39, 0.29) is 5.11 Å². The van der Waals surface area contributed by atoms with E-state index >= 15 is 0 Å². The summed E-state index contributed by atoms with van der Waals surface area (Å²) in [6.45, 7) is 0. The second kappa shape index (κ2) is 10.4. The predicted molar refractivity (Wildman–Crippen MR) is 147 cm³/mol. The molecule has 2 N–H and O–H groups in total. The van der Waals surface area contributed by atoms with Crippen LogP contribution in [0.15, 0.2) is 93.8 Å². The fraction of sp³-hybridized carbons (Fsp3) is 0. The highest BCUT2D eigenvalue weighted by molar-refractivity contribution is 7.80. The van der Waals surface area contributed by atoms with Crippen LogP contribution in [-0.4, -0.2) is 16.0 Å². The average molecular weight is 534 g/mol. The van der Waals surface area contributed by atoms with Crippen molar-refractivity contribution in [3.63, 3.8) is 0 Å². The molecule has 0 spiro atoms.